The molecule has 1 unspecified atom stereocenters. The number of hydrogen-bond acceptors (Lipinski definition) is 1. The van der Waals surface area contributed by atoms with Crippen molar-refractivity contribution in [2.75, 3.05) is 6.61 Å². The second kappa shape index (κ2) is 7.28. The van der Waals surface area contributed by atoms with Crippen molar-refractivity contribution in [1.82, 2.24) is 0 Å². The van der Waals surface area contributed by atoms with E-state index in [1.807, 2.05) is 0 Å². The maximum Gasteiger partial charge on any atom is 0.0484 e. The first-order valence-corrected chi connectivity index (χ1v) is 6.15. The van der Waals surface area contributed by atoms with Crippen LogP contribution in [0.4, 0.5) is 0 Å². The Labute approximate surface area is 89.9 Å². The summed E-state index contributed by atoms with van der Waals surface area (Å²) in [6.45, 7) is 9.13. The third kappa shape index (κ3) is 5.64. The second-order valence-corrected chi connectivity index (χ2v) is 5.25. The molecule has 0 fully saturated rings. The molecule has 0 rings (SSSR count). The molecule has 0 saturated carbocycles. The van der Waals surface area contributed by atoms with Crippen LogP contribution in [0.15, 0.2) is 0 Å². The predicted molar refractivity (Wildman–Crippen MR) is 63.4 cm³/mol. The van der Waals surface area contributed by atoms with E-state index in [9.17, 15) is 5.11 Å². The van der Waals surface area contributed by atoms with Crippen LogP contribution in [0.5, 0.6) is 0 Å². The lowest BCUT2D eigenvalue weighted by Gasteiger charge is -2.29. The van der Waals surface area contributed by atoms with Crippen molar-refractivity contribution in [3.63, 3.8) is 0 Å². The average molecular weight is 200 g/mol. The van der Waals surface area contributed by atoms with Gasteiger partial charge in [-0.25, -0.2) is 0 Å². The van der Waals surface area contributed by atoms with Crippen molar-refractivity contribution in [2.24, 2.45) is 11.3 Å². The molecule has 1 nitrogen and oxygen atoms in total. The standard InChI is InChI=1S/C13H28O/c1-5-6-7-8-9-10-12(2)13(3,4)11-14/h12,14H,5-11H2,1-4H3. The van der Waals surface area contributed by atoms with E-state index in [2.05, 4.69) is 27.7 Å². The predicted octanol–water partition coefficient (Wildman–Crippen LogP) is 4.00. The Bertz CT molecular complexity index is 129. The van der Waals surface area contributed by atoms with E-state index in [0.29, 0.717) is 12.5 Å². The van der Waals surface area contributed by atoms with Gasteiger partial charge in [0.1, 0.15) is 0 Å². The SMILES string of the molecule is CCCCCCCC(C)C(C)(C)CO. The smallest absolute Gasteiger partial charge is 0.0484 e. The Morgan fingerprint density at radius 2 is 1.64 bits per heavy atom. The number of unbranched alkanes of at least 4 members (excludes halogenated alkanes) is 4. The van der Waals surface area contributed by atoms with Crippen LogP contribution in [-0.4, -0.2) is 11.7 Å². The van der Waals surface area contributed by atoms with Crippen LogP contribution in [0.2, 0.25) is 0 Å². The minimum atomic E-state index is 0.102. The molecule has 0 amide bonds. The highest BCUT2D eigenvalue weighted by molar-refractivity contribution is 4.74. The van der Waals surface area contributed by atoms with Crippen LogP contribution >= 0.6 is 0 Å². The van der Waals surface area contributed by atoms with Gasteiger partial charge in [-0.1, -0.05) is 66.2 Å². The number of aliphatic hydroxyl groups excluding tert-OH is 1. The van der Waals surface area contributed by atoms with Crippen molar-refractivity contribution in [1.29, 1.82) is 0 Å². The number of aliphatic hydroxyl groups is 1. The van der Waals surface area contributed by atoms with Crippen molar-refractivity contribution in [3.8, 4) is 0 Å². The molecule has 0 aliphatic heterocycles. The zero-order valence-electron chi connectivity index (χ0n) is 10.5. The largest absolute Gasteiger partial charge is 0.396 e. The quantitative estimate of drug-likeness (QED) is 0.587. The molecule has 1 atom stereocenters. The Hall–Kier alpha value is -0.0400. The average Bonchev–Trinajstić information content (AvgIpc) is 2.17. The summed E-state index contributed by atoms with van der Waals surface area (Å²) in [5.74, 6) is 0.633. The molecule has 0 saturated heterocycles. The highest BCUT2D eigenvalue weighted by atomic mass is 16.3. The lowest BCUT2D eigenvalue weighted by atomic mass is 9.78. The molecule has 0 aliphatic carbocycles. The van der Waals surface area contributed by atoms with E-state index in [1.54, 1.807) is 0 Å². The molecule has 86 valence electrons. The van der Waals surface area contributed by atoms with Gasteiger partial charge in [-0.05, 0) is 11.3 Å². The summed E-state index contributed by atoms with van der Waals surface area (Å²) in [5, 5.41) is 9.21. The van der Waals surface area contributed by atoms with Crippen LogP contribution in [0.1, 0.15) is 66.2 Å². The number of rotatable bonds is 8. The van der Waals surface area contributed by atoms with Crippen molar-refractivity contribution in [3.05, 3.63) is 0 Å². The molecule has 14 heavy (non-hydrogen) atoms. The third-order valence-electron chi connectivity index (χ3n) is 3.48. The van der Waals surface area contributed by atoms with Crippen LogP contribution in [0.3, 0.4) is 0 Å². The second-order valence-electron chi connectivity index (χ2n) is 5.25. The number of hydrogen-bond donors (Lipinski definition) is 1. The van der Waals surface area contributed by atoms with Gasteiger partial charge in [-0.2, -0.15) is 0 Å². The zero-order chi connectivity index (χ0) is 11.0. The van der Waals surface area contributed by atoms with Gasteiger partial charge in [0.05, 0.1) is 0 Å². The van der Waals surface area contributed by atoms with Crippen LogP contribution in [-0.2, 0) is 0 Å². The van der Waals surface area contributed by atoms with Gasteiger partial charge < -0.3 is 5.11 Å². The van der Waals surface area contributed by atoms with E-state index >= 15 is 0 Å². The summed E-state index contributed by atoms with van der Waals surface area (Å²) in [6, 6.07) is 0. The maximum absolute atomic E-state index is 9.21. The van der Waals surface area contributed by atoms with E-state index in [0.717, 1.165) is 0 Å². The molecule has 0 radical (unpaired) electrons. The maximum atomic E-state index is 9.21. The third-order valence-corrected chi connectivity index (χ3v) is 3.48. The van der Waals surface area contributed by atoms with Gasteiger partial charge in [-0.15, -0.1) is 0 Å². The summed E-state index contributed by atoms with van der Waals surface area (Å²) < 4.78 is 0. The Morgan fingerprint density at radius 1 is 1.07 bits per heavy atom. The fourth-order valence-electron chi connectivity index (χ4n) is 1.60. The lowest BCUT2D eigenvalue weighted by molar-refractivity contribution is 0.0985. The fourth-order valence-corrected chi connectivity index (χ4v) is 1.60. The molecule has 0 spiro atoms. The normalized spacial score (nSPS) is 14.4. The molecule has 0 aromatic rings. The Morgan fingerprint density at radius 3 is 2.14 bits per heavy atom. The van der Waals surface area contributed by atoms with Crippen LogP contribution in [0.25, 0.3) is 0 Å². The zero-order valence-corrected chi connectivity index (χ0v) is 10.5. The van der Waals surface area contributed by atoms with Crippen molar-refractivity contribution < 1.29 is 5.11 Å². The van der Waals surface area contributed by atoms with Gasteiger partial charge in [0.25, 0.3) is 0 Å². The summed E-state index contributed by atoms with van der Waals surface area (Å²) in [7, 11) is 0. The van der Waals surface area contributed by atoms with Gasteiger partial charge in [0.15, 0.2) is 0 Å². The van der Waals surface area contributed by atoms with E-state index in [1.165, 1.54) is 38.5 Å². The molecular weight excluding hydrogens is 172 g/mol. The first-order chi connectivity index (χ1) is 6.54. The van der Waals surface area contributed by atoms with Crippen LogP contribution in [0, 0.1) is 11.3 Å². The minimum absolute atomic E-state index is 0.102. The van der Waals surface area contributed by atoms with Gasteiger partial charge in [-0.3, -0.25) is 0 Å². The van der Waals surface area contributed by atoms with Crippen molar-refractivity contribution in [2.45, 2.75) is 66.2 Å². The van der Waals surface area contributed by atoms with Gasteiger partial charge in [0.2, 0.25) is 0 Å². The molecule has 0 aromatic heterocycles. The molecule has 0 aromatic carbocycles. The highest BCUT2D eigenvalue weighted by Crippen LogP contribution is 2.29. The molecule has 0 heterocycles. The molecular formula is C13H28O. The molecule has 1 heteroatoms. The van der Waals surface area contributed by atoms with Crippen molar-refractivity contribution >= 4 is 0 Å². The first-order valence-electron chi connectivity index (χ1n) is 6.15. The lowest BCUT2D eigenvalue weighted by Crippen LogP contribution is -2.25. The van der Waals surface area contributed by atoms with Gasteiger partial charge in [0, 0.05) is 6.61 Å². The molecule has 1 N–H and O–H groups in total. The fraction of sp³-hybridized carbons (Fsp3) is 1.00. The van der Waals surface area contributed by atoms with E-state index < -0.39 is 0 Å². The molecule has 0 bridgehead atoms. The van der Waals surface area contributed by atoms with E-state index in [4.69, 9.17) is 0 Å². The Kier molecular flexibility index (Phi) is 7.26. The molecule has 0 aliphatic rings. The summed E-state index contributed by atoms with van der Waals surface area (Å²) >= 11 is 0. The topological polar surface area (TPSA) is 20.2 Å². The minimum Gasteiger partial charge on any atom is -0.396 e. The van der Waals surface area contributed by atoms with Gasteiger partial charge >= 0.3 is 0 Å². The van der Waals surface area contributed by atoms with E-state index in [-0.39, 0.29) is 5.41 Å². The highest BCUT2D eigenvalue weighted by Gasteiger charge is 2.23. The summed E-state index contributed by atoms with van der Waals surface area (Å²) in [4.78, 5) is 0. The Balaban J connectivity index is 3.48. The van der Waals surface area contributed by atoms with Crippen LogP contribution < -0.4 is 0 Å². The summed E-state index contributed by atoms with van der Waals surface area (Å²) in [6.07, 6.45) is 8.01. The summed E-state index contributed by atoms with van der Waals surface area (Å²) in [5.41, 5.74) is 0.102. The first kappa shape index (κ1) is 14.0. The monoisotopic (exact) mass is 200 g/mol.